The Bertz CT molecular complexity index is 402. The molecule has 0 atom stereocenters. The number of amides is 3. The van der Waals surface area contributed by atoms with Crippen LogP contribution in [0.1, 0.15) is 0 Å². The van der Waals surface area contributed by atoms with Gasteiger partial charge in [-0.1, -0.05) is 0 Å². The summed E-state index contributed by atoms with van der Waals surface area (Å²) in [6, 6.07) is 7.20. The van der Waals surface area contributed by atoms with Crippen LogP contribution < -0.4 is 10.2 Å². The summed E-state index contributed by atoms with van der Waals surface area (Å²) in [5.41, 5.74) is 1.57. The van der Waals surface area contributed by atoms with Gasteiger partial charge in [0.2, 0.25) is 6.41 Å². The zero-order valence-electron chi connectivity index (χ0n) is 9.01. The number of urea groups is 1. The number of nitrogens with zero attached hydrogens (tertiary/aromatic N) is 2. The van der Waals surface area contributed by atoms with Crippen LogP contribution in [0, 0.1) is 0 Å². The first kappa shape index (κ1) is 10.5. The molecule has 1 aliphatic heterocycles. The summed E-state index contributed by atoms with van der Waals surface area (Å²) in [7, 11) is 1.78. The maximum Gasteiger partial charge on any atom is 0.324 e. The Morgan fingerprint density at radius 1 is 1.25 bits per heavy atom. The van der Waals surface area contributed by atoms with Crippen LogP contribution in [0.5, 0.6) is 0 Å². The predicted molar refractivity (Wildman–Crippen MR) is 61.5 cm³/mol. The minimum atomic E-state index is 0.0103. The van der Waals surface area contributed by atoms with Crippen LogP contribution in [0.15, 0.2) is 24.3 Å². The maximum absolute atomic E-state index is 11.7. The van der Waals surface area contributed by atoms with E-state index in [9.17, 15) is 9.59 Å². The zero-order chi connectivity index (χ0) is 11.5. The maximum atomic E-state index is 11.7. The normalized spacial score (nSPS) is 15.4. The van der Waals surface area contributed by atoms with Crippen LogP contribution in [-0.2, 0) is 4.79 Å². The van der Waals surface area contributed by atoms with Crippen LogP contribution >= 0.6 is 0 Å². The molecule has 0 aromatic heterocycles. The molecule has 5 heteroatoms. The van der Waals surface area contributed by atoms with Crippen LogP contribution in [0.4, 0.5) is 16.2 Å². The monoisotopic (exact) mass is 219 g/mol. The molecule has 1 aromatic carbocycles. The molecule has 0 unspecified atom stereocenters. The molecule has 84 valence electrons. The van der Waals surface area contributed by atoms with Gasteiger partial charge in [0.25, 0.3) is 0 Å². The van der Waals surface area contributed by atoms with Crippen molar-refractivity contribution in [2.75, 3.05) is 30.4 Å². The smallest absolute Gasteiger partial charge is 0.324 e. The first-order chi connectivity index (χ1) is 7.72. The van der Waals surface area contributed by atoms with Gasteiger partial charge in [-0.05, 0) is 24.3 Å². The largest absolute Gasteiger partial charge is 0.329 e. The van der Waals surface area contributed by atoms with Crippen molar-refractivity contribution >= 4 is 23.8 Å². The lowest BCUT2D eigenvalue weighted by molar-refractivity contribution is -0.105. The average molecular weight is 219 g/mol. The molecule has 0 saturated carbocycles. The molecule has 1 saturated heterocycles. The van der Waals surface area contributed by atoms with Gasteiger partial charge in [0.15, 0.2) is 0 Å². The van der Waals surface area contributed by atoms with Gasteiger partial charge in [-0.3, -0.25) is 9.69 Å². The average Bonchev–Trinajstić information content (AvgIpc) is 2.62. The summed E-state index contributed by atoms with van der Waals surface area (Å²) in [4.78, 5) is 25.3. The zero-order valence-corrected chi connectivity index (χ0v) is 9.01. The van der Waals surface area contributed by atoms with E-state index in [1.807, 2.05) is 12.1 Å². The highest BCUT2D eigenvalue weighted by Crippen LogP contribution is 2.21. The van der Waals surface area contributed by atoms with E-state index in [2.05, 4.69) is 5.32 Å². The van der Waals surface area contributed by atoms with Crippen molar-refractivity contribution < 1.29 is 9.59 Å². The Morgan fingerprint density at radius 3 is 2.44 bits per heavy atom. The number of benzene rings is 1. The standard InChI is InChI=1S/C11H13N3O2/c1-13-6-7-14(11(13)16)10-4-2-9(3-5-10)12-8-15/h2-5,8H,6-7H2,1H3,(H,12,15). The number of nitrogens with one attached hydrogen (secondary N) is 1. The highest BCUT2D eigenvalue weighted by atomic mass is 16.2. The SMILES string of the molecule is CN1CCN(c2ccc(NC=O)cc2)C1=O. The molecule has 1 aromatic rings. The number of rotatable bonds is 3. The molecule has 16 heavy (non-hydrogen) atoms. The molecule has 1 fully saturated rings. The van der Waals surface area contributed by atoms with Crippen molar-refractivity contribution in [2.24, 2.45) is 0 Å². The summed E-state index contributed by atoms with van der Waals surface area (Å²) in [6.07, 6.45) is 0.629. The van der Waals surface area contributed by atoms with E-state index in [4.69, 9.17) is 0 Å². The Balaban J connectivity index is 2.16. The predicted octanol–water partition coefficient (Wildman–Crippen LogP) is 1.13. The lowest BCUT2D eigenvalue weighted by Gasteiger charge is -2.16. The van der Waals surface area contributed by atoms with Crippen molar-refractivity contribution in [2.45, 2.75) is 0 Å². The second kappa shape index (κ2) is 4.22. The molecular formula is C11H13N3O2. The van der Waals surface area contributed by atoms with E-state index in [0.29, 0.717) is 13.0 Å². The quantitative estimate of drug-likeness (QED) is 0.775. The fourth-order valence-electron chi connectivity index (χ4n) is 1.69. The number of carbonyl (C=O) groups excluding carboxylic acids is 2. The summed E-state index contributed by atoms with van der Waals surface area (Å²) in [6.45, 7) is 1.45. The van der Waals surface area contributed by atoms with Gasteiger partial charge in [-0.15, -0.1) is 0 Å². The number of likely N-dealkylation sites (N-methyl/N-ethyl adjacent to an activating group) is 1. The molecule has 5 nitrogen and oxygen atoms in total. The van der Waals surface area contributed by atoms with Crippen molar-refractivity contribution in [3.63, 3.8) is 0 Å². The Hall–Kier alpha value is -2.04. The molecule has 1 N–H and O–H groups in total. The van der Waals surface area contributed by atoms with E-state index in [1.165, 1.54) is 0 Å². The van der Waals surface area contributed by atoms with Crippen LogP contribution in [0.2, 0.25) is 0 Å². The van der Waals surface area contributed by atoms with Crippen molar-refractivity contribution in [3.8, 4) is 0 Å². The van der Waals surface area contributed by atoms with Gasteiger partial charge < -0.3 is 10.2 Å². The summed E-state index contributed by atoms with van der Waals surface area (Å²) < 4.78 is 0. The van der Waals surface area contributed by atoms with Gasteiger partial charge in [0, 0.05) is 31.5 Å². The topological polar surface area (TPSA) is 52.6 Å². The van der Waals surface area contributed by atoms with E-state index in [-0.39, 0.29) is 6.03 Å². The number of hydrogen-bond donors (Lipinski definition) is 1. The van der Waals surface area contributed by atoms with E-state index < -0.39 is 0 Å². The van der Waals surface area contributed by atoms with Crippen LogP contribution in [0.25, 0.3) is 0 Å². The summed E-state index contributed by atoms with van der Waals surface area (Å²) >= 11 is 0. The molecule has 1 aliphatic rings. The molecule has 0 radical (unpaired) electrons. The lowest BCUT2D eigenvalue weighted by Crippen LogP contribution is -2.29. The van der Waals surface area contributed by atoms with E-state index in [0.717, 1.165) is 17.9 Å². The van der Waals surface area contributed by atoms with E-state index >= 15 is 0 Å². The van der Waals surface area contributed by atoms with Gasteiger partial charge in [-0.2, -0.15) is 0 Å². The van der Waals surface area contributed by atoms with Gasteiger partial charge in [0.1, 0.15) is 0 Å². The van der Waals surface area contributed by atoms with Gasteiger partial charge in [-0.25, -0.2) is 4.79 Å². The van der Waals surface area contributed by atoms with Crippen LogP contribution in [0.3, 0.4) is 0 Å². The lowest BCUT2D eigenvalue weighted by atomic mass is 10.2. The fraction of sp³-hybridized carbons (Fsp3) is 0.273. The molecule has 3 amide bonds. The minimum Gasteiger partial charge on any atom is -0.329 e. The number of carbonyl (C=O) groups is 2. The van der Waals surface area contributed by atoms with Gasteiger partial charge >= 0.3 is 6.03 Å². The molecule has 2 rings (SSSR count). The number of hydrogen-bond acceptors (Lipinski definition) is 2. The first-order valence-corrected chi connectivity index (χ1v) is 5.05. The highest BCUT2D eigenvalue weighted by molar-refractivity contribution is 5.94. The second-order valence-corrected chi connectivity index (χ2v) is 3.66. The molecular weight excluding hydrogens is 206 g/mol. The fourth-order valence-corrected chi connectivity index (χ4v) is 1.69. The number of anilines is 2. The highest BCUT2D eigenvalue weighted by Gasteiger charge is 2.26. The van der Waals surface area contributed by atoms with Crippen molar-refractivity contribution in [3.05, 3.63) is 24.3 Å². The van der Waals surface area contributed by atoms with Crippen LogP contribution in [-0.4, -0.2) is 37.5 Å². The van der Waals surface area contributed by atoms with Crippen molar-refractivity contribution in [1.29, 1.82) is 0 Å². The first-order valence-electron chi connectivity index (χ1n) is 5.05. The Labute approximate surface area is 93.6 Å². The minimum absolute atomic E-state index is 0.0103. The summed E-state index contributed by atoms with van der Waals surface area (Å²) in [5, 5.41) is 2.55. The van der Waals surface area contributed by atoms with E-state index in [1.54, 1.807) is 29.0 Å². The Morgan fingerprint density at radius 2 is 1.94 bits per heavy atom. The van der Waals surface area contributed by atoms with Gasteiger partial charge in [0.05, 0.1) is 0 Å². The third-order valence-electron chi connectivity index (χ3n) is 2.62. The molecule has 0 bridgehead atoms. The Kier molecular flexibility index (Phi) is 2.76. The third kappa shape index (κ3) is 1.84. The molecule has 1 heterocycles. The summed E-state index contributed by atoms with van der Waals surface area (Å²) in [5.74, 6) is 0. The molecule has 0 aliphatic carbocycles. The van der Waals surface area contributed by atoms with Crippen molar-refractivity contribution in [1.82, 2.24) is 4.90 Å². The molecule has 0 spiro atoms. The second-order valence-electron chi connectivity index (χ2n) is 3.66. The third-order valence-corrected chi connectivity index (χ3v) is 2.62.